The largest absolute Gasteiger partial charge is 0.478 e. The molecule has 0 amide bonds. The second kappa shape index (κ2) is 22.0. The fraction of sp³-hybridized carbons (Fsp3) is 0.833. The average molecular weight is 365 g/mol. The molecule has 0 aromatic carbocycles. The van der Waals surface area contributed by atoms with E-state index in [0.717, 1.165) is 18.9 Å². The topological polar surface area (TPSA) is 37.3 Å². The van der Waals surface area contributed by atoms with Crippen LogP contribution in [0.2, 0.25) is 0 Å². The van der Waals surface area contributed by atoms with Crippen LogP contribution in [0.1, 0.15) is 129 Å². The van der Waals surface area contributed by atoms with Crippen molar-refractivity contribution in [1.82, 2.24) is 0 Å². The molecule has 0 radical (unpaired) electrons. The average Bonchev–Trinajstić information content (AvgIpc) is 2.62. The van der Waals surface area contributed by atoms with Crippen molar-refractivity contribution >= 4 is 5.97 Å². The number of carboxylic acids is 1. The highest BCUT2D eigenvalue weighted by Crippen LogP contribution is 2.14. The second-order valence-electron chi connectivity index (χ2n) is 7.65. The summed E-state index contributed by atoms with van der Waals surface area (Å²) in [6.45, 7) is 2.28. The molecule has 152 valence electrons. The Kier molecular flexibility index (Phi) is 21.2. The van der Waals surface area contributed by atoms with Crippen molar-refractivity contribution in [2.24, 2.45) is 0 Å². The molecule has 0 aliphatic carbocycles. The highest BCUT2D eigenvalue weighted by Gasteiger charge is 1.94. The molecule has 2 nitrogen and oxygen atoms in total. The van der Waals surface area contributed by atoms with Crippen LogP contribution in [0.3, 0.4) is 0 Å². The zero-order chi connectivity index (χ0) is 19.1. The van der Waals surface area contributed by atoms with E-state index < -0.39 is 5.97 Å². The number of unbranched alkanes of at least 4 members (excludes halogenated alkanes) is 18. The third kappa shape index (κ3) is 23.0. The maximum absolute atomic E-state index is 10.3. The first-order valence-electron chi connectivity index (χ1n) is 11.4. The van der Waals surface area contributed by atoms with Gasteiger partial charge in [-0.25, -0.2) is 4.79 Å². The predicted molar refractivity (Wildman–Crippen MR) is 114 cm³/mol. The van der Waals surface area contributed by atoms with Crippen LogP contribution < -0.4 is 0 Å². The van der Waals surface area contributed by atoms with Crippen molar-refractivity contribution < 1.29 is 9.90 Å². The van der Waals surface area contributed by atoms with Gasteiger partial charge in [-0.1, -0.05) is 116 Å². The van der Waals surface area contributed by atoms with Crippen molar-refractivity contribution in [3.63, 3.8) is 0 Å². The van der Waals surface area contributed by atoms with Crippen LogP contribution in [-0.2, 0) is 4.79 Å². The summed E-state index contributed by atoms with van der Waals surface area (Å²) in [6.07, 6.45) is 28.9. The number of carboxylic acid groups (broad SMARTS) is 1. The standard InChI is InChI=1S/C24H44O2/c1-2-3-4-5-6-7-8-9-10-11-12-13-14-15-16-17-18-19-20-21-22-23-24(25)26/h21,23H,2-20H2,1H3,(H,25,26). The molecule has 0 bridgehead atoms. The van der Waals surface area contributed by atoms with Crippen molar-refractivity contribution in [2.75, 3.05) is 0 Å². The molecule has 0 fully saturated rings. The molecule has 0 unspecified atom stereocenters. The van der Waals surface area contributed by atoms with E-state index in [1.54, 1.807) is 0 Å². The summed E-state index contributed by atoms with van der Waals surface area (Å²) in [4.78, 5) is 10.3. The number of hydrogen-bond acceptors (Lipinski definition) is 1. The van der Waals surface area contributed by atoms with Gasteiger partial charge in [-0.3, -0.25) is 0 Å². The molecule has 2 heteroatoms. The Morgan fingerprint density at radius 1 is 0.654 bits per heavy atom. The Bertz CT molecular complexity index is 353. The number of hydrogen-bond donors (Lipinski definition) is 1. The molecule has 0 saturated heterocycles. The molecule has 26 heavy (non-hydrogen) atoms. The van der Waals surface area contributed by atoms with E-state index in [1.165, 1.54) is 109 Å². The van der Waals surface area contributed by atoms with Crippen LogP contribution in [0, 0.1) is 0 Å². The lowest BCUT2D eigenvalue weighted by atomic mass is 10.0. The summed E-state index contributed by atoms with van der Waals surface area (Å²) >= 11 is 0. The van der Waals surface area contributed by atoms with Gasteiger partial charge in [-0.05, 0) is 18.9 Å². The first-order chi connectivity index (χ1) is 12.8. The van der Waals surface area contributed by atoms with Crippen molar-refractivity contribution in [3.8, 4) is 0 Å². The molecule has 0 saturated carbocycles. The van der Waals surface area contributed by atoms with Gasteiger partial charge in [0.2, 0.25) is 0 Å². The third-order valence-electron chi connectivity index (χ3n) is 5.03. The number of aliphatic carboxylic acids is 1. The van der Waals surface area contributed by atoms with E-state index in [2.05, 4.69) is 12.7 Å². The van der Waals surface area contributed by atoms with Crippen molar-refractivity contribution in [3.05, 3.63) is 17.9 Å². The Hall–Kier alpha value is -1.01. The molecule has 0 aliphatic heterocycles. The monoisotopic (exact) mass is 364 g/mol. The van der Waals surface area contributed by atoms with Gasteiger partial charge in [-0.15, -0.1) is 5.73 Å². The lowest BCUT2D eigenvalue weighted by Gasteiger charge is -2.03. The second-order valence-corrected chi connectivity index (χ2v) is 7.65. The number of carbonyl (C=O) groups is 1. The van der Waals surface area contributed by atoms with Gasteiger partial charge < -0.3 is 5.11 Å². The van der Waals surface area contributed by atoms with Crippen LogP contribution in [0.5, 0.6) is 0 Å². The molecule has 0 aromatic heterocycles. The van der Waals surface area contributed by atoms with Crippen LogP contribution in [0.4, 0.5) is 0 Å². The summed E-state index contributed by atoms with van der Waals surface area (Å²) in [7, 11) is 0. The van der Waals surface area contributed by atoms with Gasteiger partial charge in [-0.2, -0.15) is 0 Å². The minimum atomic E-state index is -0.918. The van der Waals surface area contributed by atoms with Crippen LogP contribution in [0.25, 0.3) is 0 Å². The minimum Gasteiger partial charge on any atom is -0.478 e. The Balaban J connectivity index is 3.07. The maximum atomic E-state index is 10.3. The smallest absolute Gasteiger partial charge is 0.336 e. The molecular formula is C24H44O2. The molecule has 0 aromatic rings. The lowest BCUT2D eigenvalue weighted by molar-refractivity contribution is -0.131. The van der Waals surface area contributed by atoms with Gasteiger partial charge in [0.25, 0.3) is 0 Å². The van der Waals surface area contributed by atoms with E-state index in [9.17, 15) is 4.79 Å². The van der Waals surface area contributed by atoms with Crippen molar-refractivity contribution in [1.29, 1.82) is 0 Å². The molecule has 0 aliphatic rings. The van der Waals surface area contributed by atoms with Gasteiger partial charge in [0.15, 0.2) is 0 Å². The molecule has 0 heterocycles. The van der Waals surface area contributed by atoms with E-state index in [4.69, 9.17) is 5.11 Å². The van der Waals surface area contributed by atoms with E-state index in [0.29, 0.717) is 0 Å². The van der Waals surface area contributed by atoms with E-state index in [1.807, 2.05) is 6.08 Å². The van der Waals surface area contributed by atoms with Crippen LogP contribution in [-0.4, -0.2) is 11.1 Å². The molecule has 0 rings (SSSR count). The maximum Gasteiger partial charge on any atom is 0.336 e. The summed E-state index contributed by atoms with van der Waals surface area (Å²) in [5.41, 5.74) is 2.69. The zero-order valence-electron chi connectivity index (χ0n) is 17.4. The predicted octanol–water partition coefficient (Wildman–Crippen LogP) is 8.21. The van der Waals surface area contributed by atoms with E-state index in [-0.39, 0.29) is 0 Å². The summed E-state index contributed by atoms with van der Waals surface area (Å²) < 4.78 is 0. The SMILES string of the molecule is CCCCCCCCCCCCCCCCCCCCC=C=CC(=O)O. The number of rotatable bonds is 20. The summed E-state index contributed by atoms with van der Waals surface area (Å²) in [6, 6.07) is 0. The Morgan fingerprint density at radius 2 is 1.00 bits per heavy atom. The minimum absolute atomic E-state index is 0.918. The molecular weight excluding hydrogens is 320 g/mol. The van der Waals surface area contributed by atoms with Gasteiger partial charge in [0.05, 0.1) is 6.08 Å². The highest BCUT2D eigenvalue weighted by molar-refractivity contribution is 5.79. The first kappa shape index (κ1) is 25.0. The highest BCUT2D eigenvalue weighted by atomic mass is 16.4. The first-order valence-corrected chi connectivity index (χ1v) is 11.4. The molecule has 1 N–H and O–H groups in total. The third-order valence-corrected chi connectivity index (χ3v) is 5.03. The molecule has 0 atom stereocenters. The van der Waals surface area contributed by atoms with E-state index >= 15 is 0 Å². The van der Waals surface area contributed by atoms with Gasteiger partial charge in [0, 0.05) is 0 Å². The van der Waals surface area contributed by atoms with Gasteiger partial charge >= 0.3 is 5.97 Å². The summed E-state index contributed by atoms with van der Waals surface area (Å²) in [5, 5.41) is 8.43. The van der Waals surface area contributed by atoms with Crippen LogP contribution >= 0.6 is 0 Å². The van der Waals surface area contributed by atoms with Gasteiger partial charge in [0.1, 0.15) is 0 Å². The quantitative estimate of drug-likeness (QED) is 0.134. The fourth-order valence-corrected chi connectivity index (χ4v) is 3.36. The Labute approximate surface area is 163 Å². The van der Waals surface area contributed by atoms with Crippen molar-refractivity contribution in [2.45, 2.75) is 129 Å². The normalized spacial score (nSPS) is 10.5. The van der Waals surface area contributed by atoms with Crippen LogP contribution in [0.15, 0.2) is 17.9 Å². The lowest BCUT2D eigenvalue weighted by Crippen LogP contribution is -1.84. The zero-order valence-corrected chi connectivity index (χ0v) is 17.4. The fourth-order valence-electron chi connectivity index (χ4n) is 3.36. The Morgan fingerprint density at radius 3 is 1.35 bits per heavy atom. The summed E-state index contributed by atoms with van der Waals surface area (Å²) in [5.74, 6) is -0.918. The molecule has 0 spiro atoms.